The van der Waals surface area contributed by atoms with Crippen LogP contribution in [0, 0.1) is 17.5 Å². The summed E-state index contributed by atoms with van der Waals surface area (Å²) in [4.78, 5) is 40.9. The molecule has 254 valence electrons. The normalized spacial score (nSPS) is 14.6. The van der Waals surface area contributed by atoms with Crippen LogP contribution in [0.5, 0.6) is 5.75 Å². The second kappa shape index (κ2) is 13.1. The topological polar surface area (TPSA) is 124 Å². The third kappa shape index (κ3) is 6.58. The zero-order valence-corrected chi connectivity index (χ0v) is 27.5. The quantitative estimate of drug-likeness (QED) is 0.201. The molecule has 2 aromatic carbocycles. The number of pyridine rings is 2. The smallest absolute Gasteiger partial charge is 0.407 e. The van der Waals surface area contributed by atoms with Gasteiger partial charge in [-0.15, -0.1) is 0 Å². The van der Waals surface area contributed by atoms with E-state index in [0.29, 0.717) is 42.1 Å². The number of halogens is 3. The van der Waals surface area contributed by atoms with Crippen LogP contribution in [-0.2, 0) is 11.8 Å². The van der Waals surface area contributed by atoms with Gasteiger partial charge in [-0.1, -0.05) is 6.07 Å². The van der Waals surface area contributed by atoms with Crippen molar-refractivity contribution in [3.63, 3.8) is 0 Å². The second-order valence-electron chi connectivity index (χ2n) is 12.5. The molecule has 11 nitrogen and oxygen atoms in total. The molecule has 0 bridgehead atoms. The van der Waals surface area contributed by atoms with Gasteiger partial charge in [-0.05, 0) is 63.6 Å². The Balaban J connectivity index is 1.40. The molecule has 1 aliphatic heterocycles. The molecule has 1 atom stereocenters. The molecule has 0 aliphatic carbocycles. The van der Waals surface area contributed by atoms with Gasteiger partial charge in [0.15, 0.2) is 11.6 Å². The van der Waals surface area contributed by atoms with Crippen molar-refractivity contribution in [2.45, 2.75) is 38.8 Å². The van der Waals surface area contributed by atoms with Crippen molar-refractivity contribution < 1.29 is 32.2 Å². The zero-order chi connectivity index (χ0) is 35.0. The molecule has 0 unspecified atom stereocenters. The van der Waals surface area contributed by atoms with Crippen LogP contribution in [0.4, 0.5) is 29.3 Å². The Morgan fingerprint density at radius 1 is 1.02 bits per heavy atom. The second-order valence-corrected chi connectivity index (χ2v) is 12.5. The van der Waals surface area contributed by atoms with E-state index in [0.717, 1.165) is 12.3 Å². The molecule has 4 heterocycles. The van der Waals surface area contributed by atoms with Crippen LogP contribution in [0.2, 0.25) is 0 Å². The number of nitrogens with one attached hydrogen (secondary N) is 2. The highest BCUT2D eigenvalue weighted by Gasteiger charge is 2.31. The number of carbonyl (C=O) groups is 2. The van der Waals surface area contributed by atoms with Crippen LogP contribution < -0.4 is 20.3 Å². The van der Waals surface area contributed by atoms with Crippen LogP contribution >= 0.6 is 0 Å². The van der Waals surface area contributed by atoms with E-state index in [4.69, 9.17) is 14.5 Å². The predicted molar refractivity (Wildman–Crippen MR) is 178 cm³/mol. The van der Waals surface area contributed by atoms with E-state index < -0.39 is 35.1 Å². The molecular formula is C35H34F3N7O4. The van der Waals surface area contributed by atoms with Crippen LogP contribution in [0.3, 0.4) is 0 Å². The molecule has 1 aliphatic rings. The predicted octanol–water partition coefficient (Wildman–Crippen LogP) is 6.48. The maximum Gasteiger partial charge on any atom is 0.407 e. The Hall–Kier alpha value is -5.66. The summed E-state index contributed by atoms with van der Waals surface area (Å²) in [6.07, 6.45) is 3.77. The summed E-state index contributed by atoms with van der Waals surface area (Å²) in [5.74, 6) is -2.81. The summed E-state index contributed by atoms with van der Waals surface area (Å²) in [6, 6.07) is 9.81. The molecule has 1 fully saturated rings. The molecule has 6 rings (SSSR count). The molecule has 0 saturated carbocycles. The van der Waals surface area contributed by atoms with Gasteiger partial charge in [0, 0.05) is 32.5 Å². The lowest BCUT2D eigenvalue weighted by Crippen LogP contribution is -2.40. The SMILES string of the molecule is COc1cccc(F)c1-c1nccc(C(=O)Nc2ccc3c(nc(-c4ccncc4F)n3C)c2N2CC[C@H](NC(=O)OC(C)(C)C)C2)c1F. The van der Waals surface area contributed by atoms with Crippen LogP contribution in [0.15, 0.2) is 61.1 Å². The summed E-state index contributed by atoms with van der Waals surface area (Å²) in [5.41, 5.74) is 0.406. The number of benzene rings is 2. The highest BCUT2D eigenvalue weighted by atomic mass is 19.1. The van der Waals surface area contributed by atoms with Crippen LogP contribution in [0.25, 0.3) is 33.7 Å². The Morgan fingerprint density at radius 2 is 1.82 bits per heavy atom. The zero-order valence-electron chi connectivity index (χ0n) is 27.5. The summed E-state index contributed by atoms with van der Waals surface area (Å²) in [5, 5.41) is 5.70. The molecule has 2 N–H and O–H groups in total. The van der Waals surface area contributed by atoms with Gasteiger partial charge in [-0.3, -0.25) is 14.8 Å². The average molecular weight is 674 g/mol. The number of fused-ring (bicyclic) bond motifs is 1. The van der Waals surface area contributed by atoms with Crippen molar-refractivity contribution in [3.05, 3.63) is 84.1 Å². The summed E-state index contributed by atoms with van der Waals surface area (Å²) in [7, 11) is 3.07. The largest absolute Gasteiger partial charge is 0.496 e. The number of hydrogen-bond donors (Lipinski definition) is 2. The Morgan fingerprint density at radius 3 is 2.55 bits per heavy atom. The number of aryl methyl sites for hydroxylation is 1. The monoisotopic (exact) mass is 673 g/mol. The summed E-state index contributed by atoms with van der Waals surface area (Å²) >= 11 is 0. The maximum atomic E-state index is 16.0. The number of carbonyl (C=O) groups excluding carboxylic acids is 2. The van der Waals surface area contributed by atoms with E-state index in [1.165, 1.54) is 43.8 Å². The third-order valence-corrected chi connectivity index (χ3v) is 8.08. The minimum Gasteiger partial charge on any atom is -0.496 e. The fourth-order valence-electron chi connectivity index (χ4n) is 5.91. The first-order chi connectivity index (χ1) is 23.4. The van der Waals surface area contributed by atoms with Crippen molar-refractivity contribution in [3.8, 4) is 28.4 Å². The molecule has 1 saturated heterocycles. The number of ether oxygens (including phenoxy) is 2. The molecule has 5 aromatic rings. The molecule has 14 heteroatoms. The fraction of sp³-hybridized carbons (Fsp3) is 0.286. The first-order valence-corrected chi connectivity index (χ1v) is 15.5. The Labute approximate surface area is 280 Å². The van der Waals surface area contributed by atoms with E-state index in [-0.39, 0.29) is 39.9 Å². The first-order valence-electron chi connectivity index (χ1n) is 15.5. The lowest BCUT2D eigenvalue weighted by atomic mass is 10.1. The van der Waals surface area contributed by atoms with E-state index in [2.05, 4.69) is 20.6 Å². The van der Waals surface area contributed by atoms with Crippen molar-refractivity contribution in [2.75, 3.05) is 30.4 Å². The van der Waals surface area contributed by atoms with Gasteiger partial charge >= 0.3 is 6.09 Å². The number of methoxy groups -OCH3 is 1. The molecule has 3 aromatic heterocycles. The number of hydrogen-bond acceptors (Lipinski definition) is 8. The number of amides is 2. The van der Waals surface area contributed by atoms with E-state index in [1.54, 1.807) is 44.5 Å². The lowest BCUT2D eigenvalue weighted by molar-refractivity contribution is 0.0508. The van der Waals surface area contributed by atoms with Crippen LogP contribution in [-0.4, -0.2) is 63.4 Å². The number of anilines is 2. The van der Waals surface area contributed by atoms with Crippen molar-refractivity contribution in [1.29, 1.82) is 0 Å². The lowest BCUT2D eigenvalue weighted by Gasteiger charge is -2.24. The highest BCUT2D eigenvalue weighted by Crippen LogP contribution is 2.39. The van der Waals surface area contributed by atoms with Gasteiger partial charge in [-0.25, -0.2) is 22.9 Å². The van der Waals surface area contributed by atoms with E-state index in [1.807, 2.05) is 4.90 Å². The molecule has 2 amide bonds. The van der Waals surface area contributed by atoms with Crippen molar-refractivity contribution in [1.82, 2.24) is 24.8 Å². The Kier molecular flexibility index (Phi) is 8.88. The summed E-state index contributed by atoms with van der Waals surface area (Å²) in [6.45, 7) is 6.11. The van der Waals surface area contributed by atoms with E-state index >= 15 is 4.39 Å². The number of rotatable bonds is 7. The fourth-order valence-corrected chi connectivity index (χ4v) is 5.91. The third-order valence-electron chi connectivity index (χ3n) is 8.08. The van der Waals surface area contributed by atoms with Gasteiger partial charge in [0.05, 0.1) is 52.9 Å². The summed E-state index contributed by atoms with van der Waals surface area (Å²) < 4.78 is 58.1. The molecule has 0 spiro atoms. The van der Waals surface area contributed by atoms with Crippen LogP contribution in [0.1, 0.15) is 37.6 Å². The maximum absolute atomic E-state index is 16.0. The number of nitrogens with zero attached hydrogens (tertiary/aromatic N) is 5. The first kappa shape index (κ1) is 33.2. The highest BCUT2D eigenvalue weighted by molar-refractivity contribution is 6.10. The standard InChI is InChI=1S/C35H34F3N7O4/c1-35(2,3)49-34(47)41-19-13-16-45(18-19)31-24(9-10-25-29(31)43-32(44(25)4)20-11-14-39-17-23(20)37)42-33(46)21-12-15-40-30(28(21)38)27-22(36)7-6-8-26(27)48-5/h6-12,14-15,17,19H,13,16,18H2,1-5H3,(H,41,47)(H,42,46)/t19-/m0/s1. The Bertz CT molecular complexity index is 2080. The number of imidazole rings is 1. The minimum atomic E-state index is -1.04. The number of alkyl carbamates (subject to hydrolysis) is 1. The average Bonchev–Trinajstić information content (AvgIpc) is 3.64. The van der Waals surface area contributed by atoms with E-state index in [9.17, 15) is 18.4 Å². The van der Waals surface area contributed by atoms with Crippen molar-refractivity contribution in [2.24, 2.45) is 7.05 Å². The molecule has 0 radical (unpaired) electrons. The minimum absolute atomic E-state index is 0.0527. The van der Waals surface area contributed by atoms with Crippen molar-refractivity contribution >= 4 is 34.4 Å². The van der Waals surface area contributed by atoms with Gasteiger partial charge in [0.1, 0.15) is 34.2 Å². The van der Waals surface area contributed by atoms with Gasteiger partial charge < -0.3 is 29.6 Å². The number of aromatic nitrogens is 4. The molecular weight excluding hydrogens is 639 g/mol. The van der Waals surface area contributed by atoms with Gasteiger partial charge in [-0.2, -0.15) is 0 Å². The van der Waals surface area contributed by atoms with Gasteiger partial charge in [0.2, 0.25) is 0 Å². The van der Waals surface area contributed by atoms with Gasteiger partial charge in [0.25, 0.3) is 5.91 Å². The molecule has 49 heavy (non-hydrogen) atoms.